The first-order valence-electron chi connectivity index (χ1n) is 15.6. The van der Waals surface area contributed by atoms with Crippen LogP contribution in [0, 0.1) is 10.1 Å². The molecule has 3 aromatic rings. The fourth-order valence-corrected chi connectivity index (χ4v) is 6.39. The van der Waals surface area contributed by atoms with Crippen molar-refractivity contribution in [1.82, 2.24) is 10.2 Å². The third kappa shape index (κ3) is 8.58. The number of hydrogen-bond acceptors (Lipinski definition) is 11. The molecule has 0 radical (unpaired) electrons. The molecule has 49 heavy (non-hydrogen) atoms. The topological polar surface area (TPSA) is 139 Å². The van der Waals surface area contributed by atoms with Crippen LogP contribution in [0.2, 0.25) is 0 Å². The van der Waals surface area contributed by atoms with Crippen LogP contribution in [0.1, 0.15) is 42.4 Å². The Bertz CT molecular complexity index is 1630. The Balaban J connectivity index is 0.00000541. The number of methoxy groups -OCH3 is 2. The van der Waals surface area contributed by atoms with Gasteiger partial charge >= 0.3 is 12.3 Å². The molecule has 1 saturated heterocycles. The number of non-ortho nitro benzene ring substituents is 1. The van der Waals surface area contributed by atoms with E-state index in [-0.39, 0.29) is 41.6 Å². The normalized spacial score (nSPS) is 17.3. The number of nitrogens with one attached hydrogen (secondary N) is 1. The number of halogens is 1. The molecule has 3 aromatic carbocycles. The number of carbonyl (C=O) groups is 2. The number of rotatable bonds is 11. The summed E-state index contributed by atoms with van der Waals surface area (Å²) in [6, 6.07) is 27.1. The fourth-order valence-electron chi connectivity index (χ4n) is 6.39. The van der Waals surface area contributed by atoms with Gasteiger partial charge in [-0.3, -0.25) is 10.1 Å². The zero-order chi connectivity index (χ0) is 34.1. The summed E-state index contributed by atoms with van der Waals surface area (Å²) in [4.78, 5) is 38.1. The lowest BCUT2D eigenvalue weighted by Crippen LogP contribution is -2.44. The first-order valence-corrected chi connectivity index (χ1v) is 15.6. The van der Waals surface area contributed by atoms with Gasteiger partial charge in [0.1, 0.15) is 17.4 Å². The number of nitrogens with zero attached hydrogens (tertiary/aromatic N) is 2. The molecule has 2 heterocycles. The van der Waals surface area contributed by atoms with Gasteiger partial charge in [0.25, 0.3) is 5.69 Å². The maximum absolute atomic E-state index is 12.4. The predicted molar refractivity (Wildman–Crippen MR) is 183 cm³/mol. The highest BCUT2D eigenvalue weighted by atomic mass is 35.5. The molecule has 12 nitrogen and oxygen atoms in total. The summed E-state index contributed by atoms with van der Waals surface area (Å²) in [5.41, 5.74) is 3.50. The Morgan fingerprint density at radius 1 is 0.878 bits per heavy atom. The minimum Gasteiger partial charge on any atom is -0.437 e. The summed E-state index contributed by atoms with van der Waals surface area (Å²) in [7, 11) is 2.32. The minimum absolute atomic E-state index is 0. The van der Waals surface area contributed by atoms with Crippen LogP contribution in [0.5, 0.6) is 0 Å². The number of hydrogen-bond donors (Lipinski definition) is 1. The summed E-state index contributed by atoms with van der Waals surface area (Å²) in [5, 5.41) is 14.7. The Kier molecular flexibility index (Phi) is 12.8. The van der Waals surface area contributed by atoms with Gasteiger partial charge in [-0.15, -0.1) is 12.4 Å². The van der Waals surface area contributed by atoms with Crippen molar-refractivity contribution in [3.8, 4) is 0 Å². The van der Waals surface area contributed by atoms with Gasteiger partial charge in [0.2, 0.25) is 0 Å². The van der Waals surface area contributed by atoms with E-state index in [1.54, 1.807) is 13.0 Å². The number of piperidine rings is 1. The zero-order valence-corrected chi connectivity index (χ0v) is 28.4. The van der Waals surface area contributed by atoms with Crippen LogP contribution in [0.4, 0.5) is 15.3 Å². The minimum atomic E-state index is -1.03. The second-order valence-corrected chi connectivity index (χ2v) is 11.6. The second-order valence-electron chi connectivity index (χ2n) is 11.6. The van der Waals surface area contributed by atoms with E-state index in [0.717, 1.165) is 40.2 Å². The second kappa shape index (κ2) is 17.0. The van der Waals surface area contributed by atoms with Crippen LogP contribution in [0.15, 0.2) is 108 Å². The van der Waals surface area contributed by atoms with Crippen LogP contribution in [-0.2, 0) is 29.1 Å². The molecule has 1 fully saturated rings. The summed E-state index contributed by atoms with van der Waals surface area (Å²) in [6.07, 6.45) is -0.111. The van der Waals surface area contributed by atoms with Gasteiger partial charge in [0.15, 0.2) is 0 Å². The van der Waals surface area contributed by atoms with E-state index < -0.39 is 23.2 Å². The third-order valence-electron chi connectivity index (χ3n) is 8.82. The monoisotopic (exact) mass is 693 g/mol. The summed E-state index contributed by atoms with van der Waals surface area (Å²) < 4.78 is 26.7. The number of ether oxygens (including phenoxy) is 5. The molecule has 0 spiro atoms. The molecule has 0 bridgehead atoms. The highest BCUT2D eigenvalue weighted by Gasteiger charge is 2.39. The van der Waals surface area contributed by atoms with Crippen LogP contribution >= 0.6 is 12.4 Å². The lowest BCUT2D eigenvalue weighted by atomic mass is 9.68. The average Bonchev–Trinajstić information content (AvgIpc) is 3.12. The van der Waals surface area contributed by atoms with E-state index in [1.807, 2.05) is 12.1 Å². The van der Waals surface area contributed by atoms with Crippen molar-refractivity contribution in [3.05, 3.63) is 135 Å². The van der Waals surface area contributed by atoms with Gasteiger partial charge in [0.05, 0.1) is 43.8 Å². The number of nitro benzene ring substituents is 1. The molecular formula is C36H40ClN3O9. The molecule has 0 saturated carbocycles. The lowest BCUT2D eigenvalue weighted by molar-refractivity contribution is -0.384. The van der Waals surface area contributed by atoms with E-state index >= 15 is 0 Å². The number of likely N-dealkylation sites (tertiary alicyclic amines) is 1. The van der Waals surface area contributed by atoms with Crippen molar-refractivity contribution in [1.29, 1.82) is 0 Å². The SMILES string of the molecule is COC(=O)OC1=C(C)NC(COCCN2CCC(c3ccccc3)(c3ccccc3)CC2)=C(OC(=O)OC)C1c1cccc([N+](=O)[O-])c1.Cl. The first kappa shape index (κ1) is 36.9. The Morgan fingerprint density at radius 2 is 1.45 bits per heavy atom. The van der Waals surface area contributed by atoms with Crippen LogP contribution < -0.4 is 5.32 Å². The number of carbonyl (C=O) groups excluding carboxylic acids is 2. The summed E-state index contributed by atoms with van der Waals surface area (Å²) >= 11 is 0. The Morgan fingerprint density at radius 3 is 2.00 bits per heavy atom. The Labute approximate surface area is 291 Å². The molecule has 5 rings (SSSR count). The van der Waals surface area contributed by atoms with Gasteiger partial charge in [0, 0.05) is 24.1 Å². The summed E-state index contributed by atoms with van der Waals surface area (Å²) in [6.45, 7) is 4.50. The third-order valence-corrected chi connectivity index (χ3v) is 8.82. The summed E-state index contributed by atoms with van der Waals surface area (Å²) in [5.74, 6) is -0.979. The highest BCUT2D eigenvalue weighted by molar-refractivity contribution is 5.85. The predicted octanol–water partition coefficient (Wildman–Crippen LogP) is 6.81. The van der Waals surface area contributed by atoms with E-state index in [9.17, 15) is 19.7 Å². The van der Waals surface area contributed by atoms with Crippen molar-refractivity contribution in [2.45, 2.75) is 31.1 Å². The molecular weight excluding hydrogens is 654 g/mol. The zero-order valence-electron chi connectivity index (χ0n) is 27.6. The largest absolute Gasteiger partial charge is 0.513 e. The van der Waals surface area contributed by atoms with Crippen LogP contribution in [-0.4, -0.2) is 69.2 Å². The molecule has 0 aromatic heterocycles. The van der Waals surface area contributed by atoms with Gasteiger partial charge < -0.3 is 33.9 Å². The van der Waals surface area contributed by atoms with Gasteiger partial charge in [-0.05, 0) is 49.5 Å². The number of allylic oxidation sites excluding steroid dienone is 1. The molecule has 13 heteroatoms. The van der Waals surface area contributed by atoms with Crippen LogP contribution in [0.25, 0.3) is 0 Å². The molecule has 1 unspecified atom stereocenters. The van der Waals surface area contributed by atoms with E-state index in [4.69, 9.17) is 23.7 Å². The quantitative estimate of drug-likeness (QED) is 0.0981. The lowest BCUT2D eigenvalue weighted by Gasteiger charge is -2.43. The molecule has 1 atom stereocenters. The smallest absolute Gasteiger partial charge is 0.437 e. The van der Waals surface area contributed by atoms with Crippen molar-refractivity contribution in [3.63, 3.8) is 0 Å². The van der Waals surface area contributed by atoms with Crippen molar-refractivity contribution >= 4 is 30.4 Å². The molecule has 0 aliphatic carbocycles. The van der Waals surface area contributed by atoms with E-state index in [1.165, 1.54) is 29.3 Å². The Hall–Kier alpha value is -4.91. The standard InChI is InChI=1S/C36H39N3O9.ClH/c1-25-32(47-34(40)44-2)31(26-11-10-16-29(23-26)39(42)43)33(48-35(41)45-3)30(37-25)24-46-22-21-38-19-17-36(18-20-38,27-12-6-4-7-13-27)28-14-8-5-9-15-28;/h4-16,23,31,37H,17-22,24H2,1-3H3;1H. The molecule has 2 aliphatic rings. The number of benzene rings is 3. The first-order chi connectivity index (χ1) is 23.3. The molecule has 1 N–H and O–H groups in total. The maximum atomic E-state index is 12.4. The maximum Gasteiger partial charge on any atom is 0.513 e. The van der Waals surface area contributed by atoms with Gasteiger partial charge in [-0.25, -0.2) is 9.59 Å². The highest BCUT2D eigenvalue weighted by Crippen LogP contribution is 2.42. The van der Waals surface area contributed by atoms with Crippen molar-refractivity contribution < 1.29 is 38.2 Å². The fraction of sp³-hybridized carbons (Fsp3) is 0.333. The number of nitro groups is 1. The van der Waals surface area contributed by atoms with E-state index in [0.29, 0.717) is 30.1 Å². The van der Waals surface area contributed by atoms with Crippen molar-refractivity contribution in [2.24, 2.45) is 0 Å². The molecule has 260 valence electrons. The van der Waals surface area contributed by atoms with Crippen LogP contribution in [0.3, 0.4) is 0 Å². The average molecular weight is 694 g/mol. The molecule has 2 aliphatic heterocycles. The van der Waals surface area contributed by atoms with E-state index in [2.05, 4.69) is 58.7 Å². The number of dihydropyridines is 1. The van der Waals surface area contributed by atoms with Gasteiger partial charge in [-0.2, -0.15) is 0 Å². The van der Waals surface area contributed by atoms with Crippen molar-refractivity contribution in [2.75, 3.05) is 47.1 Å². The molecule has 0 amide bonds. The van der Waals surface area contributed by atoms with Gasteiger partial charge in [-0.1, -0.05) is 72.8 Å².